The summed E-state index contributed by atoms with van der Waals surface area (Å²) in [4.78, 5) is 29.8. The van der Waals surface area contributed by atoms with Crippen LogP contribution in [0.3, 0.4) is 0 Å². The van der Waals surface area contributed by atoms with Gasteiger partial charge in [-0.05, 0) is 61.4 Å². The number of carbonyl (C=O) groups is 2. The first-order chi connectivity index (χ1) is 14.9. The van der Waals surface area contributed by atoms with Crippen molar-refractivity contribution in [2.45, 2.75) is 26.4 Å². The molecule has 5 nitrogen and oxygen atoms in total. The molecule has 0 spiro atoms. The third-order valence-corrected chi connectivity index (χ3v) is 6.52. The highest BCUT2D eigenvalue weighted by Gasteiger charge is 2.27. The number of benzene rings is 1. The fourth-order valence-electron chi connectivity index (χ4n) is 3.45. The van der Waals surface area contributed by atoms with E-state index in [4.69, 9.17) is 16.3 Å². The minimum absolute atomic E-state index is 0.0514. The van der Waals surface area contributed by atoms with Gasteiger partial charge in [0, 0.05) is 34.8 Å². The van der Waals surface area contributed by atoms with E-state index in [9.17, 15) is 9.59 Å². The number of thiophene rings is 1. The Morgan fingerprint density at radius 1 is 1.29 bits per heavy atom. The van der Waals surface area contributed by atoms with Crippen molar-refractivity contribution in [3.63, 3.8) is 0 Å². The number of amides is 1. The Morgan fingerprint density at radius 2 is 2.13 bits per heavy atom. The summed E-state index contributed by atoms with van der Waals surface area (Å²) in [5.74, 6) is 0.566. The van der Waals surface area contributed by atoms with Gasteiger partial charge in [-0.25, -0.2) is 0 Å². The topological polar surface area (TPSA) is 68.3 Å². The number of pyridine rings is 1. The van der Waals surface area contributed by atoms with Gasteiger partial charge in [-0.2, -0.15) is 0 Å². The van der Waals surface area contributed by atoms with E-state index in [1.807, 2.05) is 36.4 Å². The maximum Gasteiger partial charge on any atom is 0.247 e. The minimum atomic E-state index is -0.186. The van der Waals surface area contributed by atoms with Crippen LogP contribution in [0.1, 0.15) is 34.6 Å². The molecule has 0 fully saturated rings. The number of hydrogen-bond donors (Lipinski definition) is 1. The summed E-state index contributed by atoms with van der Waals surface area (Å²) >= 11 is 7.92. The zero-order valence-corrected chi connectivity index (χ0v) is 18.7. The van der Waals surface area contributed by atoms with E-state index in [1.54, 1.807) is 32.3 Å². The molecule has 3 aromatic rings. The summed E-state index contributed by atoms with van der Waals surface area (Å²) in [5.41, 5.74) is 3.44. The molecule has 3 heterocycles. The molecule has 31 heavy (non-hydrogen) atoms. The van der Waals surface area contributed by atoms with Crippen LogP contribution in [-0.4, -0.2) is 29.3 Å². The molecular formula is C24H21ClN2O3S. The SMILES string of the molecule is CC(=O)c1ccc(-c2cc(Cl)c3c(c2)CC(CNC(=O)C(C)=Cc2cccnc2)O3)s1. The number of halogens is 1. The molecule has 0 aliphatic carbocycles. The van der Waals surface area contributed by atoms with Crippen LogP contribution < -0.4 is 10.1 Å². The van der Waals surface area contributed by atoms with Crippen LogP contribution in [0.5, 0.6) is 5.75 Å². The number of aromatic nitrogens is 1. The van der Waals surface area contributed by atoms with Gasteiger partial charge in [0.25, 0.3) is 0 Å². The molecule has 4 rings (SSSR count). The zero-order chi connectivity index (χ0) is 22.0. The summed E-state index contributed by atoms with van der Waals surface area (Å²) in [6.45, 7) is 3.71. The van der Waals surface area contributed by atoms with Gasteiger partial charge in [0.05, 0.1) is 16.4 Å². The average molecular weight is 453 g/mol. The predicted octanol–water partition coefficient (Wildman–Crippen LogP) is 5.19. The van der Waals surface area contributed by atoms with Crippen LogP contribution >= 0.6 is 22.9 Å². The van der Waals surface area contributed by atoms with Crippen molar-refractivity contribution in [1.29, 1.82) is 0 Å². The fourth-order valence-corrected chi connectivity index (χ4v) is 4.62. The summed E-state index contributed by atoms with van der Waals surface area (Å²) in [6, 6.07) is 11.4. The lowest BCUT2D eigenvalue weighted by Crippen LogP contribution is -2.34. The molecule has 1 unspecified atom stereocenters. The van der Waals surface area contributed by atoms with Crippen LogP contribution in [0.25, 0.3) is 16.5 Å². The van der Waals surface area contributed by atoms with Crippen molar-refractivity contribution >= 4 is 40.7 Å². The molecule has 0 saturated carbocycles. The van der Waals surface area contributed by atoms with E-state index in [2.05, 4.69) is 10.3 Å². The smallest absolute Gasteiger partial charge is 0.247 e. The first-order valence-electron chi connectivity index (χ1n) is 9.87. The van der Waals surface area contributed by atoms with Crippen LogP contribution in [-0.2, 0) is 11.2 Å². The highest BCUT2D eigenvalue weighted by molar-refractivity contribution is 7.17. The molecule has 0 bridgehead atoms. The van der Waals surface area contributed by atoms with Gasteiger partial charge < -0.3 is 10.1 Å². The zero-order valence-electron chi connectivity index (χ0n) is 17.1. The van der Waals surface area contributed by atoms with Crippen molar-refractivity contribution in [2.24, 2.45) is 0 Å². The Morgan fingerprint density at radius 3 is 2.84 bits per heavy atom. The quantitative estimate of drug-likeness (QED) is 0.413. The molecule has 0 radical (unpaired) electrons. The van der Waals surface area contributed by atoms with Crippen LogP contribution in [0.15, 0.2) is 54.4 Å². The normalized spacial score (nSPS) is 15.3. The Balaban J connectivity index is 1.41. The van der Waals surface area contributed by atoms with E-state index in [0.717, 1.165) is 26.4 Å². The standard InChI is InChI=1S/C24H21ClN2O3S/c1-14(8-16-4-3-7-26-12-16)24(29)27-13-19-10-18-9-17(11-20(25)23(18)30-19)22-6-5-21(31-22)15(2)28/h3-9,11-12,19H,10,13H2,1-2H3,(H,27,29). The van der Waals surface area contributed by atoms with Gasteiger partial charge in [-0.3, -0.25) is 14.6 Å². The van der Waals surface area contributed by atoms with E-state index in [1.165, 1.54) is 11.3 Å². The lowest BCUT2D eigenvalue weighted by atomic mass is 10.1. The van der Waals surface area contributed by atoms with E-state index >= 15 is 0 Å². The Hall–Kier alpha value is -2.96. The molecule has 2 aromatic heterocycles. The number of carbonyl (C=O) groups excluding carboxylic acids is 2. The van der Waals surface area contributed by atoms with E-state index in [0.29, 0.717) is 29.3 Å². The van der Waals surface area contributed by atoms with Gasteiger partial charge in [-0.1, -0.05) is 17.7 Å². The summed E-state index contributed by atoms with van der Waals surface area (Å²) in [5, 5.41) is 3.46. The maximum atomic E-state index is 12.4. The van der Waals surface area contributed by atoms with Gasteiger partial charge >= 0.3 is 0 Å². The third kappa shape index (κ3) is 4.86. The number of fused-ring (bicyclic) bond motifs is 1. The number of ether oxygens (including phenoxy) is 1. The first kappa shape index (κ1) is 21.3. The van der Waals surface area contributed by atoms with Crippen LogP contribution in [0.4, 0.5) is 0 Å². The third-order valence-electron chi connectivity index (χ3n) is 5.01. The number of nitrogens with zero attached hydrogens (tertiary/aromatic N) is 1. The molecule has 0 saturated heterocycles. The summed E-state index contributed by atoms with van der Waals surface area (Å²) in [6.07, 6.45) is 5.67. The van der Waals surface area contributed by atoms with Gasteiger partial charge in [0.1, 0.15) is 11.9 Å². The fraction of sp³-hybridized carbons (Fsp3) is 0.208. The van der Waals surface area contributed by atoms with Crippen molar-refractivity contribution in [2.75, 3.05) is 6.54 Å². The molecule has 1 aliphatic heterocycles. The van der Waals surface area contributed by atoms with Crippen molar-refractivity contribution in [3.8, 4) is 16.2 Å². The number of hydrogen-bond acceptors (Lipinski definition) is 5. The Labute approximate surface area is 189 Å². The molecule has 1 amide bonds. The summed E-state index contributed by atoms with van der Waals surface area (Å²) in [7, 11) is 0. The Bertz CT molecular complexity index is 1170. The second-order valence-electron chi connectivity index (χ2n) is 7.43. The maximum absolute atomic E-state index is 12.4. The lowest BCUT2D eigenvalue weighted by molar-refractivity contribution is -0.117. The second-order valence-corrected chi connectivity index (χ2v) is 8.93. The highest BCUT2D eigenvalue weighted by Crippen LogP contribution is 2.41. The number of Topliss-reactive ketones (excluding diaryl/α,β-unsaturated/α-hetero) is 1. The monoisotopic (exact) mass is 452 g/mol. The largest absolute Gasteiger partial charge is 0.486 e. The van der Waals surface area contributed by atoms with E-state index < -0.39 is 0 Å². The van der Waals surface area contributed by atoms with Crippen molar-refractivity contribution in [1.82, 2.24) is 10.3 Å². The molecule has 1 aromatic carbocycles. The molecule has 158 valence electrons. The predicted molar refractivity (Wildman–Crippen MR) is 124 cm³/mol. The molecule has 1 atom stereocenters. The lowest BCUT2D eigenvalue weighted by Gasteiger charge is -2.12. The second kappa shape index (κ2) is 9.04. The molecule has 1 N–H and O–H groups in total. The van der Waals surface area contributed by atoms with Gasteiger partial charge in [0.15, 0.2) is 5.78 Å². The molecule has 1 aliphatic rings. The minimum Gasteiger partial charge on any atom is -0.486 e. The Kier molecular flexibility index (Phi) is 6.20. The summed E-state index contributed by atoms with van der Waals surface area (Å²) < 4.78 is 5.99. The number of rotatable bonds is 6. The first-order valence-corrected chi connectivity index (χ1v) is 11.1. The van der Waals surface area contributed by atoms with Crippen molar-refractivity contribution in [3.05, 3.63) is 75.4 Å². The van der Waals surface area contributed by atoms with Crippen LogP contribution in [0, 0.1) is 0 Å². The molecule has 7 heteroatoms. The number of nitrogens with one attached hydrogen (secondary N) is 1. The highest BCUT2D eigenvalue weighted by atomic mass is 35.5. The van der Waals surface area contributed by atoms with E-state index in [-0.39, 0.29) is 17.8 Å². The van der Waals surface area contributed by atoms with Crippen molar-refractivity contribution < 1.29 is 14.3 Å². The number of ketones is 1. The average Bonchev–Trinajstić information content (AvgIpc) is 3.40. The van der Waals surface area contributed by atoms with Gasteiger partial charge in [0.2, 0.25) is 5.91 Å². The van der Waals surface area contributed by atoms with Crippen LogP contribution in [0.2, 0.25) is 5.02 Å². The van der Waals surface area contributed by atoms with Gasteiger partial charge in [-0.15, -0.1) is 11.3 Å². The molecular weight excluding hydrogens is 432 g/mol.